The smallest absolute Gasteiger partial charge is 0.317 e. The van der Waals surface area contributed by atoms with E-state index >= 15 is 0 Å². The van der Waals surface area contributed by atoms with E-state index in [1.165, 1.54) is 51.4 Å². The Morgan fingerprint density at radius 3 is 1.89 bits per heavy atom. The number of halogens is 2. The molecule has 0 radical (unpaired) electrons. The average molecular weight is 403 g/mol. The van der Waals surface area contributed by atoms with Crippen molar-refractivity contribution in [1.29, 1.82) is 0 Å². The lowest BCUT2D eigenvalue weighted by molar-refractivity contribution is -0.136. The van der Waals surface area contributed by atoms with Gasteiger partial charge in [0.2, 0.25) is 0 Å². The molecule has 3 N–H and O–H groups in total. The number of carboxylic acid groups (broad SMARTS) is 1. The summed E-state index contributed by atoms with van der Waals surface area (Å²) in [5.74, 6) is -0.801. The minimum absolute atomic E-state index is 0.401. The fourth-order valence-electron chi connectivity index (χ4n) is 1.50. The normalized spacial score (nSPS) is 11.6. The quantitative estimate of drug-likeness (QED) is 0.388. The van der Waals surface area contributed by atoms with E-state index < -0.39 is 10.8 Å². The van der Waals surface area contributed by atoms with E-state index in [-0.39, 0.29) is 0 Å². The first kappa shape index (κ1) is 21.7. The highest BCUT2D eigenvalue weighted by molar-refractivity contribution is 9.10. The number of hydrogen-bond donors (Lipinski definition) is 2. The van der Waals surface area contributed by atoms with Gasteiger partial charge in [0, 0.05) is 5.33 Å². The van der Waals surface area contributed by atoms with Crippen molar-refractivity contribution in [1.82, 2.24) is 0 Å². The van der Waals surface area contributed by atoms with Crippen LogP contribution in [0.5, 0.6) is 0 Å². The number of hydrogen-bond acceptors (Lipinski definition) is 2. The molecule has 5 heteroatoms. The molecule has 0 spiro atoms. The number of nitrogens with two attached hydrogens (primary N) is 1. The number of alkyl halides is 2. The van der Waals surface area contributed by atoms with Gasteiger partial charge in [-0.25, -0.2) is 0 Å². The number of carbonyl (C=O) groups is 1. The number of aliphatic carboxylic acids is 1. The molecule has 19 heavy (non-hydrogen) atoms. The highest BCUT2D eigenvalue weighted by Gasteiger charge is 2.10. The van der Waals surface area contributed by atoms with Crippen LogP contribution in [0.4, 0.5) is 0 Å². The maximum Gasteiger partial charge on any atom is 0.317 e. The predicted molar refractivity (Wildman–Crippen MR) is 90.4 cm³/mol. The lowest BCUT2D eigenvalue weighted by Crippen LogP contribution is -2.12. The van der Waals surface area contributed by atoms with E-state index in [9.17, 15) is 4.79 Å². The third-order valence-electron chi connectivity index (χ3n) is 2.69. The van der Waals surface area contributed by atoms with E-state index in [0.29, 0.717) is 6.42 Å². The summed E-state index contributed by atoms with van der Waals surface area (Å²) in [6, 6.07) is 0. The third-order valence-corrected chi connectivity index (χ3v) is 4.00. The molecule has 0 saturated carbocycles. The van der Waals surface area contributed by atoms with Crippen LogP contribution in [0.1, 0.15) is 64.7 Å². The second kappa shape index (κ2) is 18.4. The molecule has 0 aromatic rings. The van der Waals surface area contributed by atoms with Gasteiger partial charge in [0.15, 0.2) is 0 Å². The molecule has 0 fully saturated rings. The fourth-order valence-corrected chi connectivity index (χ4v) is 2.80. The molecule has 0 aliphatic carbocycles. The fraction of sp³-hybridized carbons (Fsp3) is 0.929. The predicted octanol–water partition coefficient (Wildman–Crippen LogP) is 4.71. The second-order valence-electron chi connectivity index (χ2n) is 4.55. The Bertz CT molecular complexity index is 184. The third kappa shape index (κ3) is 20.9. The maximum atomic E-state index is 10.0. The molecule has 0 saturated heterocycles. The largest absolute Gasteiger partial charge is 0.480 e. The van der Waals surface area contributed by atoms with Crippen LogP contribution < -0.4 is 5.73 Å². The van der Waals surface area contributed by atoms with Gasteiger partial charge in [0.05, 0.1) is 0 Å². The molecule has 0 bridgehead atoms. The van der Waals surface area contributed by atoms with E-state index in [1.807, 2.05) is 0 Å². The molecule has 0 aliphatic rings. The molecule has 0 amide bonds. The van der Waals surface area contributed by atoms with Crippen molar-refractivity contribution < 1.29 is 9.90 Å². The summed E-state index contributed by atoms with van der Waals surface area (Å²) >= 11 is 6.10. The van der Waals surface area contributed by atoms with Crippen molar-refractivity contribution in [3.63, 3.8) is 0 Å². The summed E-state index contributed by atoms with van der Waals surface area (Å²) in [5, 5.41) is 8.96. The van der Waals surface area contributed by atoms with E-state index in [1.54, 1.807) is 0 Å². The number of unbranched alkanes of at least 4 members (excludes halogenated alkanes) is 7. The summed E-state index contributed by atoms with van der Waals surface area (Å²) < 4.78 is 0. The monoisotopic (exact) mass is 401 g/mol. The van der Waals surface area contributed by atoms with Crippen LogP contribution in [-0.4, -0.2) is 27.8 Å². The SMILES string of the molecule is CCCCCCCCCCN.O=C(O)C(Br)CCBr. The zero-order valence-corrected chi connectivity index (χ0v) is 15.2. The van der Waals surface area contributed by atoms with Crippen LogP contribution in [0.15, 0.2) is 0 Å². The van der Waals surface area contributed by atoms with Gasteiger partial charge in [0.25, 0.3) is 0 Å². The van der Waals surface area contributed by atoms with Crippen LogP contribution in [0.25, 0.3) is 0 Å². The first-order valence-electron chi connectivity index (χ1n) is 7.23. The number of carboxylic acids is 1. The highest BCUT2D eigenvalue weighted by atomic mass is 79.9. The molecule has 116 valence electrons. The van der Waals surface area contributed by atoms with Gasteiger partial charge in [-0.15, -0.1) is 0 Å². The summed E-state index contributed by atoms with van der Waals surface area (Å²) in [4.78, 5) is 9.62. The van der Waals surface area contributed by atoms with Crippen molar-refractivity contribution in [3.8, 4) is 0 Å². The molecule has 1 atom stereocenters. The van der Waals surface area contributed by atoms with Gasteiger partial charge in [-0.05, 0) is 19.4 Å². The van der Waals surface area contributed by atoms with Crippen LogP contribution in [0.3, 0.4) is 0 Å². The Labute approximate surface area is 135 Å². The summed E-state index contributed by atoms with van der Waals surface area (Å²) in [5.41, 5.74) is 5.39. The zero-order valence-electron chi connectivity index (χ0n) is 12.0. The van der Waals surface area contributed by atoms with E-state index in [4.69, 9.17) is 10.8 Å². The van der Waals surface area contributed by atoms with E-state index in [0.717, 1.165) is 11.9 Å². The second-order valence-corrected chi connectivity index (χ2v) is 6.45. The Morgan fingerprint density at radius 2 is 1.58 bits per heavy atom. The maximum absolute atomic E-state index is 10.0. The molecular weight excluding hydrogens is 374 g/mol. The van der Waals surface area contributed by atoms with Crippen molar-refractivity contribution >= 4 is 37.8 Å². The van der Waals surface area contributed by atoms with Crippen molar-refractivity contribution in [2.24, 2.45) is 5.73 Å². The first-order valence-corrected chi connectivity index (χ1v) is 9.26. The highest BCUT2D eigenvalue weighted by Crippen LogP contribution is 2.07. The van der Waals surface area contributed by atoms with Gasteiger partial charge >= 0.3 is 5.97 Å². The summed E-state index contributed by atoms with van der Waals surface area (Å²) in [6.07, 6.45) is 11.6. The van der Waals surface area contributed by atoms with Crippen LogP contribution in [0.2, 0.25) is 0 Å². The molecule has 0 aromatic heterocycles. The summed E-state index contributed by atoms with van der Waals surface area (Å²) in [7, 11) is 0. The Kier molecular flexibility index (Phi) is 21.0. The molecule has 0 rings (SSSR count). The Morgan fingerprint density at radius 1 is 1.11 bits per heavy atom. The molecule has 0 aromatic carbocycles. The molecular formula is C14H29Br2NO2. The molecule has 0 heterocycles. The van der Waals surface area contributed by atoms with Gasteiger partial charge < -0.3 is 10.8 Å². The van der Waals surface area contributed by atoms with Crippen LogP contribution >= 0.6 is 31.9 Å². The number of rotatable bonds is 11. The lowest BCUT2D eigenvalue weighted by Gasteiger charge is -1.99. The van der Waals surface area contributed by atoms with Crippen molar-refractivity contribution in [2.45, 2.75) is 69.5 Å². The minimum Gasteiger partial charge on any atom is -0.480 e. The Hall–Kier alpha value is 0.390. The van der Waals surface area contributed by atoms with E-state index in [2.05, 4.69) is 38.8 Å². The molecule has 1 unspecified atom stereocenters. The topological polar surface area (TPSA) is 63.3 Å². The van der Waals surface area contributed by atoms with Crippen molar-refractivity contribution in [3.05, 3.63) is 0 Å². The zero-order chi connectivity index (χ0) is 14.9. The standard InChI is InChI=1S/C10H23N.C4H6Br2O2/c1-2-3-4-5-6-7-8-9-10-11;5-2-1-3(6)4(7)8/h2-11H2,1H3;3H,1-2H2,(H,7,8). The average Bonchev–Trinajstić information content (AvgIpc) is 2.39. The van der Waals surface area contributed by atoms with Crippen molar-refractivity contribution in [2.75, 3.05) is 11.9 Å². The lowest BCUT2D eigenvalue weighted by atomic mass is 10.1. The molecule has 3 nitrogen and oxygen atoms in total. The van der Waals surface area contributed by atoms with Gasteiger partial charge in [0.1, 0.15) is 4.83 Å². The van der Waals surface area contributed by atoms with Crippen LogP contribution in [-0.2, 0) is 4.79 Å². The van der Waals surface area contributed by atoms with Gasteiger partial charge in [-0.2, -0.15) is 0 Å². The summed E-state index contributed by atoms with van der Waals surface area (Å²) in [6.45, 7) is 3.13. The van der Waals surface area contributed by atoms with Gasteiger partial charge in [-0.1, -0.05) is 83.7 Å². The minimum atomic E-state index is -0.801. The Balaban J connectivity index is 0. The van der Waals surface area contributed by atoms with Gasteiger partial charge in [-0.3, -0.25) is 4.79 Å². The first-order chi connectivity index (χ1) is 9.09. The molecule has 0 aliphatic heterocycles. The van der Waals surface area contributed by atoms with Crippen LogP contribution in [0, 0.1) is 0 Å².